The molecular weight excluding hydrogens is 310 g/mol. The van der Waals surface area contributed by atoms with Gasteiger partial charge in [0.2, 0.25) is 3.79 Å². The number of hydrogen-bond acceptors (Lipinski definition) is 5. The summed E-state index contributed by atoms with van der Waals surface area (Å²) in [5.74, 6) is -3.18. The number of carbonyl (C=O) groups excluding carboxylic acids is 2. The predicted octanol–water partition coefficient (Wildman–Crippen LogP) is 1.47. The van der Waals surface area contributed by atoms with Gasteiger partial charge in [-0.15, -0.1) is 0 Å². The first-order chi connectivity index (χ1) is 8.11. The lowest BCUT2D eigenvalue weighted by molar-refractivity contribution is -0.156. The van der Waals surface area contributed by atoms with Crippen molar-refractivity contribution >= 4 is 52.7 Å². The van der Waals surface area contributed by atoms with E-state index >= 15 is 0 Å². The standard InChI is InChI=1S/C9H9Cl3O6/c1-5(2-6(13)14)8(16)17-3-7(15)18-4-9(10,11)12/h1-4H2,(H,13,14). The minimum Gasteiger partial charge on any atom is -0.481 e. The van der Waals surface area contributed by atoms with E-state index in [9.17, 15) is 14.4 Å². The molecule has 0 spiro atoms. The lowest BCUT2D eigenvalue weighted by Crippen LogP contribution is -2.22. The number of carboxylic acid groups (broad SMARTS) is 1. The zero-order chi connectivity index (χ0) is 14.3. The Morgan fingerprint density at radius 3 is 2.17 bits per heavy atom. The first kappa shape index (κ1) is 17.0. The van der Waals surface area contributed by atoms with Crippen LogP contribution in [0.5, 0.6) is 0 Å². The van der Waals surface area contributed by atoms with Crippen molar-refractivity contribution in [3.63, 3.8) is 0 Å². The first-order valence-corrected chi connectivity index (χ1v) is 5.54. The van der Waals surface area contributed by atoms with Crippen LogP contribution in [0.2, 0.25) is 0 Å². The molecule has 0 aliphatic carbocycles. The van der Waals surface area contributed by atoms with E-state index in [1.54, 1.807) is 0 Å². The van der Waals surface area contributed by atoms with E-state index in [1.807, 2.05) is 0 Å². The predicted molar refractivity (Wildman–Crippen MR) is 63.6 cm³/mol. The number of carbonyl (C=O) groups is 3. The zero-order valence-electron chi connectivity index (χ0n) is 8.95. The van der Waals surface area contributed by atoms with E-state index < -0.39 is 41.3 Å². The SMILES string of the molecule is C=C(CC(=O)O)C(=O)OCC(=O)OCC(Cl)(Cl)Cl. The molecule has 1 N–H and O–H groups in total. The molecule has 9 heteroatoms. The molecule has 0 aromatic heterocycles. The second kappa shape index (κ2) is 7.45. The Morgan fingerprint density at radius 2 is 1.72 bits per heavy atom. The fourth-order valence-corrected chi connectivity index (χ4v) is 0.849. The highest BCUT2D eigenvalue weighted by molar-refractivity contribution is 6.67. The van der Waals surface area contributed by atoms with Gasteiger partial charge in [-0.25, -0.2) is 9.59 Å². The van der Waals surface area contributed by atoms with Crippen LogP contribution in [0.1, 0.15) is 6.42 Å². The first-order valence-electron chi connectivity index (χ1n) is 4.41. The summed E-state index contributed by atoms with van der Waals surface area (Å²) in [6.45, 7) is 1.97. The van der Waals surface area contributed by atoms with Gasteiger partial charge in [0, 0.05) is 5.57 Å². The number of aliphatic carboxylic acids is 1. The minimum absolute atomic E-state index is 0.295. The van der Waals surface area contributed by atoms with E-state index in [0.717, 1.165) is 0 Å². The molecule has 0 saturated heterocycles. The number of hydrogen-bond donors (Lipinski definition) is 1. The maximum atomic E-state index is 11.1. The van der Waals surface area contributed by atoms with Crippen LogP contribution in [0.3, 0.4) is 0 Å². The largest absolute Gasteiger partial charge is 0.481 e. The van der Waals surface area contributed by atoms with E-state index in [4.69, 9.17) is 39.9 Å². The zero-order valence-corrected chi connectivity index (χ0v) is 11.2. The molecule has 0 radical (unpaired) electrons. The summed E-state index contributed by atoms with van der Waals surface area (Å²) in [6.07, 6.45) is -0.581. The summed E-state index contributed by atoms with van der Waals surface area (Å²) in [6, 6.07) is 0. The molecule has 0 saturated carbocycles. The molecule has 0 rings (SSSR count). The van der Waals surface area contributed by atoms with Gasteiger partial charge >= 0.3 is 17.9 Å². The number of esters is 2. The molecule has 0 heterocycles. The van der Waals surface area contributed by atoms with Crippen molar-refractivity contribution < 1.29 is 29.0 Å². The van der Waals surface area contributed by atoms with Crippen LogP contribution >= 0.6 is 34.8 Å². The molecule has 0 aromatic carbocycles. The third kappa shape index (κ3) is 9.09. The van der Waals surface area contributed by atoms with Crippen molar-refractivity contribution in [1.82, 2.24) is 0 Å². The van der Waals surface area contributed by atoms with Crippen LogP contribution in [0, 0.1) is 0 Å². The Labute approximate surface area is 117 Å². The Hall–Kier alpha value is -0.980. The van der Waals surface area contributed by atoms with Crippen LogP contribution in [0.25, 0.3) is 0 Å². The molecule has 0 aliphatic heterocycles. The van der Waals surface area contributed by atoms with Gasteiger partial charge in [0.1, 0.15) is 6.61 Å². The van der Waals surface area contributed by atoms with Crippen molar-refractivity contribution in [1.29, 1.82) is 0 Å². The average Bonchev–Trinajstić information content (AvgIpc) is 2.20. The second-order valence-electron chi connectivity index (χ2n) is 3.03. The molecular formula is C9H9Cl3O6. The van der Waals surface area contributed by atoms with Gasteiger partial charge < -0.3 is 14.6 Å². The van der Waals surface area contributed by atoms with Crippen molar-refractivity contribution in [2.45, 2.75) is 10.2 Å². The average molecular weight is 320 g/mol. The van der Waals surface area contributed by atoms with E-state index in [0.29, 0.717) is 0 Å². The van der Waals surface area contributed by atoms with Crippen LogP contribution in [0.15, 0.2) is 12.2 Å². The Morgan fingerprint density at radius 1 is 1.17 bits per heavy atom. The molecule has 0 fully saturated rings. The van der Waals surface area contributed by atoms with Crippen LogP contribution in [0.4, 0.5) is 0 Å². The van der Waals surface area contributed by atoms with Gasteiger partial charge in [-0.3, -0.25) is 4.79 Å². The molecule has 0 aliphatic rings. The molecule has 0 aromatic rings. The molecule has 0 atom stereocenters. The summed E-state index contributed by atoms with van der Waals surface area (Å²) in [7, 11) is 0. The number of carboxylic acids is 1. The lowest BCUT2D eigenvalue weighted by atomic mass is 10.2. The Bertz CT molecular complexity index is 360. The van der Waals surface area contributed by atoms with E-state index in [1.165, 1.54) is 0 Å². The highest BCUT2D eigenvalue weighted by Crippen LogP contribution is 2.25. The normalized spacial score (nSPS) is 10.6. The maximum Gasteiger partial charge on any atom is 0.344 e. The highest BCUT2D eigenvalue weighted by Gasteiger charge is 2.22. The third-order valence-corrected chi connectivity index (χ3v) is 1.70. The van der Waals surface area contributed by atoms with Crippen LogP contribution < -0.4 is 0 Å². The van der Waals surface area contributed by atoms with Crippen LogP contribution in [-0.4, -0.2) is 40.0 Å². The van der Waals surface area contributed by atoms with Crippen molar-refractivity contribution in [3.05, 3.63) is 12.2 Å². The second-order valence-corrected chi connectivity index (χ2v) is 5.54. The van der Waals surface area contributed by atoms with Gasteiger partial charge in [-0.1, -0.05) is 41.4 Å². The molecule has 0 amide bonds. The summed E-state index contributed by atoms with van der Waals surface area (Å²) in [5, 5.41) is 8.38. The topological polar surface area (TPSA) is 89.9 Å². The summed E-state index contributed by atoms with van der Waals surface area (Å²) < 4.78 is 7.13. The fourth-order valence-electron chi connectivity index (χ4n) is 0.685. The molecule has 18 heavy (non-hydrogen) atoms. The Balaban J connectivity index is 3.95. The van der Waals surface area contributed by atoms with Crippen LogP contribution in [-0.2, 0) is 23.9 Å². The molecule has 102 valence electrons. The molecule has 0 unspecified atom stereocenters. The number of ether oxygens (including phenoxy) is 2. The number of halogens is 3. The number of alkyl halides is 3. The van der Waals surface area contributed by atoms with Crippen molar-refractivity contribution in [3.8, 4) is 0 Å². The summed E-state index contributed by atoms with van der Waals surface area (Å²) in [5.41, 5.74) is -0.295. The van der Waals surface area contributed by atoms with Gasteiger partial charge in [-0.2, -0.15) is 0 Å². The Kier molecular flexibility index (Phi) is 7.05. The van der Waals surface area contributed by atoms with Gasteiger partial charge in [-0.05, 0) is 0 Å². The highest BCUT2D eigenvalue weighted by atomic mass is 35.6. The number of rotatable bonds is 6. The maximum absolute atomic E-state index is 11.1. The third-order valence-electron chi connectivity index (χ3n) is 1.37. The lowest BCUT2D eigenvalue weighted by Gasteiger charge is -2.11. The quantitative estimate of drug-likeness (QED) is 0.453. The smallest absolute Gasteiger partial charge is 0.344 e. The van der Waals surface area contributed by atoms with Gasteiger partial charge in [0.15, 0.2) is 6.61 Å². The summed E-state index contributed by atoms with van der Waals surface area (Å²) >= 11 is 15.9. The van der Waals surface area contributed by atoms with E-state index in [2.05, 4.69) is 16.1 Å². The molecule has 6 nitrogen and oxygen atoms in total. The minimum atomic E-state index is -1.76. The van der Waals surface area contributed by atoms with Crippen molar-refractivity contribution in [2.75, 3.05) is 13.2 Å². The van der Waals surface area contributed by atoms with Gasteiger partial charge in [0.05, 0.1) is 6.42 Å². The monoisotopic (exact) mass is 318 g/mol. The molecule has 0 bridgehead atoms. The van der Waals surface area contributed by atoms with Crippen molar-refractivity contribution in [2.24, 2.45) is 0 Å². The van der Waals surface area contributed by atoms with Gasteiger partial charge in [0.25, 0.3) is 0 Å². The van der Waals surface area contributed by atoms with E-state index in [-0.39, 0.29) is 5.57 Å². The fraction of sp³-hybridized carbons (Fsp3) is 0.444. The summed E-state index contributed by atoms with van der Waals surface area (Å²) in [4.78, 5) is 32.4.